The number of hydrogen-bond acceptors (Lipinski definition) is 10. The molecule has 0 fully saturated rings. The quantitative estimate of drug-likeness (QED) is 0.266. The number of sulfonamides is 1. The van der Waals surface area contributed by atoms with Crippen molar-refractivity contribution >= 4 is 15.8 Å². The number of aromatic nitrogens is 4. The molecule has 0 atom stereocenters. The first-order valence-corrected chi connectivity index (χ1v) is 13.5. The third-order valence-corrected chi connectivity index (χ3v) is 6.90. The van der Waals surface area contributed by atoms with Crippen LogP contribution < -0.4 is 14.2 Å². The summed E-state index contributed by atoms with van der Waals surface area (Å²) in [5.74, 6) is -0.256. The molecule has 0 aliphatic rings. The van der Waals surface area contributed by atoms with Gasteiger partial charge in [0.25, 0.3) is 15.9 Å². The van der Waals surface area contributed by atoms with Gasteiger partial charge in [-0.15, -0.1) is 0 Å². The van der Waals surface area contributed by atoms with E-state index in [0.29, 0.717) is 5.56 Å². The number of aliphatic hydroxyl groups is 2. The summed E-state index contributed by atoms with van der Waals surface area (Å²) < 4.78 is 41.1. The van der Waals surface area contributed by atoms with Crippen LogP contribution >= 0.6 is 0 Å². The molecule has 2 aromatic carbocycles. The summed E-state index contributed by atoms with van der Waals surface area (Å²) in [4.78, 5) is 17.0. The van der Waals surface area contributed by atoms with Crippen molar-refractivity contribution < 1.29 is 28.1 Å². The second kappa shape index (κ2) is 11.7. The number of nitrogens with zero attached hydrogens (tertiary/aromatic N) is 4. The van der Waals surface area contributed by atoms with E-state index in [1.54, 1.807) is 42.5 Å². The molecule has 0 aliphatic carbocycles. The lowest BCUT2D eigenvalue weighted by molar-refractivity contribution is 0.192. The summed E-state index contributed by atoms with van der Waals surface area (Å²) in [6.07, 6.45) is 2.98. The van der Waals surface area contributed by atoms with E-state index in [4.69, 9.17) is 9.47 Å². The molecule has 39 heavy (non-hydrogen) atoms. The number of para-hydroxylation sites is 1. The van der Waals surface area contributed by atoms with Gasteiger partial charge >= 0.3 is 0 Å². The fraction of sp³-hybridized carbons (Fsp3) is 0.259. The van der Waals surface area contributed by atoms with Crippen molar-refractivity contribution in [3.8, 4) is 29.0 Å². The van der Waals surface area contributed by atoms with Gasteiger partial charge in [0.1, 0.15) is 12.4 Å². The van der Waals surface area contributed by atoms with Gasteiger partial charge in [-0.1, -0.05) is 51.1 Å². The number of nitrogens with one attached hydrogen (secondary N) is 1. The molecular formula is C27H29N5O6S. The van der Waals surface area contributed by atoms with Crippen LogP contribution in [0.5, 0.6) is 17.4 Å². The van der Waals surface area contributed by atoms with Crippen LogP contribution in [0.3, 0.4) is 0 Å². The maximum atomic E-state index is 13.5. The fourth-order valence-corrected chi connectivity index (χ4v) is 4.52. The van der Waals surface area contributed by atoms with Crippen molar-refractivity contribution in [2.45, 2.75) is 37.7 Å². The highest BCUT2D eigenvalue weighted by Gasteiger charge is 2.26. The molecule has 0 spiro atoms. The van der Waals surface area contributed by atoms with Crippen LogP contribution in [0.1, 0.15) is 31.9 Å². The molecule has 0 radical (unpaired) electrons. The Kier molecular flexibility index (Phi) is 8.38. The zero-order valence-corrected chi connectivity index (χ0v) is 22.5. The Hall–Kier alpha value is -4.13. The molecular weight excluding hydrogens is 522 g/mol. The average Bonchev–Trinajstić information content (AvgIpc) is 2.93. The lowest BCUT2D eigenvalue weighted by atomic mass is 9.87. The Morgan fingerprint density at radius 1 is 0.897 bits per heavy atom. The highest BCUT2D eigenvalue weighted by atomic mass is 32.2. The van der Waals surface area contributed by atoms with E-state index in [0.717, 1.165) is 5.56 Å². The lowest BCUT2D eigenvalue weighted by Crippen LogP contribution is -2.17. The van der Waals surface area contributed by atoms with Crippen LogP contribution in [0.4, 0.5) is 5.82 Å². The summed E-state index contributed by atoms with van der Waals surface area (Å²) in [6.45, 7) is 5.26. The monoisotopic (exact) mass is 551 g/mol. The number of hydrogen-bond donors (Lipinski definition) is 3. The predicted octanol–water partition coefficient (Wildman–Crippen LogP) is 3.69. The Labute approximate surface area is 226 Å². The second-order valence-electron chi connectivity index (χ2n) is 9.42. The second-order valence-corrected chi connectivity index (χ2v) is 11.1. The van der Waals surface area contributed by atoms with Crippen LogP contribution in [-0.4, -0.2) is 51.8 Å². The van der Waals surface area contributed by atoms with Crippen LogP contribution in [0.15, 0.2) is 71.9 Å². The molecule has 2 aromatic heterocycles. The maximum Gasteiger partial charge on any atom is 0.263 e. The fourth-order valence-electron chi connectivity index (χ4n) is 3.51. The Balaban J connectivity index is 1.85. The Bertz CT molecular complexity index is 1530. The molecule has 0 amide bonds. The maximum absolute atomic E-state index is 13.5. The van der Waals surface area contributed by atoms with E-state index in [2.05, 4.69) is 24.7 Å². The highest BCUT2D eigenvalue weighted by Crippen LogP contribution is 2.39. The summed E-state index contributed by atoms with van der Waals surface area (Å²) in [6, 6.07) is 14.8. The molecule has 11 nitrogen and oxygen atoms in total. The van der Waals surface area contributed by atoms with Crippen molar-refractivity contribution in [1.29, 1.82) is 0 Å². The number of ether oxygens (including phenoxy) is 2. The van der Waals surface area contributed by atoms with E-state index in [9.17, 15) is 18.6 Å². The van der Waals surface area contributed by atoms with E-state index in [1.165, 1.54) is 24.5 Å². The molecule has 0 unspecified atom stereocenters. The van der Waals surface area contributed by atoms with Crippen LogP contribution in [-0.2, 0) is 22.0 Å². The van der Waals surface area contributed by atoms with E-state index in [1.807, 2.05) is 20.8 Å². The van der Waals surface area contributed by atoms with Gasteiger partial charge < -0.3 is 19.7 Å². The van der Waals surface area contributed by atoms with Gasteiger partial charge in [-0.2, -0.15) is 4.98 Å². The minimum atomic E-state index is -4.16. The summed E-state index contributed by atoms with van der Waals surface area (Å²) >= 11 is 0. The molecule has 4 rings (SSSR count). The first kappa shape index (κ1) is 27.9. The molecule has 0 saturated heterocycles. The molecule has 2 heterocycles. The van der Waals surface area contributed by atoms with Gasteiger partial charge in [-0.3, -0.25) is 4.72 Å². The molecule has 0 aliphatic heterocycles. The standard InChI is InChI=1S/C27H29N5O6S/c1-27(2,3)19-9-11-20(12-10-19)39(35,36)32-23-22(38-21-8-5-4-7-18(21)17-34)26(37-16-15-33)31-25(30-23)24-28-13-6-14-29-24/h4-14,33-34H,15-17H2,1-3H3,(H,30,31,32). The Morgan fingerprint density at radius 3 is 2.23 bits per heavy atom. The number of aliphatic hydroxyl groups excluding tert-OH is 2. The number of benzene rings is 2. The van der Waals surface area contributed by atoms with Crippen molar-refractivity contribution in [2.24, 2.45) is 0 Å². The molecule has 3 N–H and O–H groups in total. The number of rotatable bonds is 10. The first-order chi connectivity index (χ1) is 18.6. The summed E-state index contributed by atoms with van der Waals surface area (Å²) in [5.41, 5.74) is 1.25. The van der Waals surface area contributed by atoms with E-state index in [-0.39, 0.29) is 65.0 Å². The van der Waals surface area contributed by atoms with E-state index < -0.39 is 10.0 Å². The van der Waals surface area contributed by atoms with Crippen molar-refractivity contribution in [3.63, 3.8) is 0 Å². The largest absolute Gasteiger partial charge is 0.472 e. The highest BCUT2D eigenvalue weighted by molar-refractivity contribution is 7.92. The third kappa shape index (κ3) is 6.66. The minimum Gasteiger partial charge on any atom is -0.472 e. The van der Waals surface area contributed by atoms with Gasteiger partial charge in [-0.25, -0.2) is 23.4 Å². The zero-order chi connectivity index (χ0) is 28.0. The van der Waals surface area contributed by atoms with Crippen LogP contribution in [0.2, 0.25) is 0 Å². The first-order valence-electron chi connectivity index (χ1n) is 12.1. The van der Waals surface area contributed by atoms with Crippen molar-refractivity contribution in [2.75, 3.05) is 17.9 Å². The van der Waals surface area contributed by atoms with Gasteiger partial charge in [0.15, 0.2) is 11.6 Å². The van der Waals surface area contributed by atoms with Gasteiger partial charge in [0.2, 0.25) is 11.6 Å². The van der Waals surface area contributed by atoms with Gasteiger partial charge in [-0.05, 0) is 35.2 Å². The lowest BCUT2D eigenvalue weighted by Gasteiger charge is -2.20. The molecule has 0 bridgehead atoms. The third-order valence-electron chi connectivity index (χ3n) is 5.55. The molecule has 4 aromatic rings. The molecule has 204 valence electrons. The molecule has 12 heteroatoms. The SMILES string of the molecule is CC(C)(C)c1ccc(S(=O)(=O)Nc2nc(-c3ncccn3)nc(OCCO)c2Oc2ccccc2CO)cc1. The topological polar surface area (TPSA) is 157 Å². The average molecular weight is 552 g/mol. The van der Waals surface area contributed by atoms with Crippen LogP contribution in [0, 0.1) is 0 Å². The Morgan fingerprint density at radius 2 is 1.59 bits per heavy atom. The van der Waals surface area contributed by atoms with Gasteiger partial charge in [0.05, 0.1) is 18.1 Å². The predicted molar refractivity (Wildman–Crippen MR) is 144 cm³/mol. The van der Waals surface area contributed by atoms with Gasteiger partial charge in [0, 0.05) is 18.0 Å². The normalized spacial score (nSPS) is 11.7. The van der Waals surface area contributed by atoms with Crippen molar-refractivity contribution in [3.05, 3.63) is 78.1 Å². The van der Waals surface area contributed by atoms with E-state index >= 15 is 0 Å². The summed E-state index contributed by atoms with van der Waals surface area (Å²) in [7, 11) is -4.16. The minimum absolute atomic E-state index is 0.00570. The smallest absolute Gasteiger partial charge is 0.263 e. The van der Waals surface area contributed by atoms with Crippen LogP contribution in [0.25, 0.3) is 11.6 Å². The van der Waals surface area contributed by atoms with Crippen molar-refractivity contribution in [1.82, 2.24) is 19.9 Å². The summed E-state index contributed by atoms with van der Waals surface area (Å²) in [5, 5.41) is 19.2. The number of anilines is 1. The molecule has 0 saturated carbocycles. The zero-order valence-electron chi connectivity index (χ0n) is 21.7.